The molecule has 0 bridgehead atoms. The Bertz CT molecular complexity index is 94.4. The van der Waals surface area contributed by atoms with Crippen molar-refractivity contribution in [2.24, 2.45) is 5.73 Å². The van der Waals surface area contributed by atoms with Gasteiger partial charge in [-0.25, -0.2) is 0 Å². The van der Waals surface area contributed by atoms with Crippen molar-refractivity contribution in [2.45, 2.75) is 6.42 Å². The molecule has 0 unspecified atom stereocenters. The van der Waals surface area contributed by atoms with E-state index in [0.29, 0.717) is 6.54 Å². The zero-order valence-corrected chi connectivity index (χ0v) is 7.05. The Balaban J connectivity index is 0. The smallest absolute Gasteiger partial charge is 0.319 e. The van der Waals surface area contributed by atoms with Gasteiger partial charge in [0.15, 0.2) is 0 Å². The summed E-state index contributed by atoms with van der Waals surface area (Å²) in [5, 5.41) is 7.99. The third kappa shape index (κ3) is 78.1. The van der Waals surface area contributed by atoms with Crippen LogP contribution in [0.3, 0.4) is 0 Å². The number of hydrogen-bond acceptors (Lipinski definition) is 3. The van der Waals surface area contributed by atoms with Gasteiger partial charge in [-0.15, -0.1) is 0 Å². The van der Waals surface area contributed by atoms with E-state index < -0.39 is 6.72 Å². The minimum absolute atomic E-state index is 0.219. The van der Waals surface area contributed by atoms with E-state index in [9.17, 15) is 0 Å². The largest absolute Gasteiger partial charge is 0.396 e. The number of nitrogens with two attached hydrogens (primary N) is 1. The summed E-state index contributed by atoms with van der Waals surface area (Å²) in [4.78, 5) is 22.7. The molecule has 6 N–H and O–H groups in total. The molecule has 0 aromatic heterocycles. The fourth-order valence-electron chi connectivity index (χ4n) is 0.0913. The van der Waals surface area contributed by atoms with Crippen molar-refractivity contribution in [3.63, 3.8) is 0 Å². The van der Waals surface area contributed by atoms with Gasteiger partial charge in [0.2, 0.25) is 0 Å². The first-order valence-electron chi connectivity index (χ1n) is 2.51. The Kier molecular flexibility index (Phi) is 9.88. The minimum Gasteiger partial charge on any atom is -0.396 e. The maximum atomic E-state index is 7.99. The molecular formula is C3H12NO4PS. The molecular weight excluding hydrogens is 177 g/mol. The second kappa shape index (κ2) is 7.56. The van der Waals surface area contributed by atoms with Crippen LogP contribution in [0.2, 0.25) is 0 Å². The molecule has 0 fully saturated rings. The molecule has 0 rings (SSSR count). The molecule has 0 amide bonds. The Hall–Kier alpha value is 0.450. The van der Waals surface area contributed by atoms with Crippen LogP contribution in [0.25, 0.3) is 0 Å². The summed E-state index contributed by atoms with van der Waals surface area (Å²) in [7, 11) is 0. The summed E-state index contributed by atoms with van der Waals surface area (Å²) in [6.45, 7) is -2.99. The SMILES string of the molecule is NCCCO.OP(O)(O)=S. The van der Waals surface area contributed by atoms with Crippen molar-refractivity contribution in [1.29, 1.82) is 0 Å². The van der Waals surface area contributed by atoms with E-state index in [1.807, 2.05) is 0 Å². The molecule has 0 saturated carbocycles. The van der Waals surface area contributed by atoms with E-state index in [-0.39, 0.29) is 6.61 Å². The Labute approximate surface area is 64.4 Å². The monoisotopic (exact) mass is 189 g/mol. The molecule has 0 spiro atoms. The first-order valence-corrected chi connectivity index (χ1v) is 5.17. The summed E-state index contributed by atoms with van der Waals surface area (Å²) in [6.07, 6.45) is 0.722. The highest BCUT2D eigenvalue weighted by atomic mass is 32.5. The van der Waals surface area contributed by atoms with Crippen LogP contribution in [0, 0.1) is 0 Å². The normalized spacial score (nSPS) is 10.1. The lowest BCUT2D eigenvalue weighted by atomic mass is 10.5. The van der Waals surface area contributed by atoms with Crippen molar-refractivity contribution in [1.82, 2.24) is 0 Å². The number of rotatable bonds is 2. The molecule has 0 aliphatic rings. The molecule has 64 valence electrons. The highest BCUT2D eigenvalue weighted by Crippen LogP contribution is 2.26. The van der Waals surface area contributed by atoms with Crippen LogP contribution < -0.4 is 5.73 Å². The van der Waals surface area contributed by atoms with E-state index in [1.165, 1.54) is 0 Å². The molecule has 0 aromatic rings. The van der Waals surface area contributed by atoms with Crippen molar-refractivity contribution < 1.29 is 19.8 Å². The van der Waals surface area contributed by atoms with Gasteiger partial charge in [-0.05, 0) is 24.8 Å². The quantitative estimate of drug-likeness (QED) is 0.339. The average Bonchev–Trinajstić information content (AvgIpc) is 1.63. The molecule has 5 nitrogen and oxygen atoms in total. The lowest BCUT2D eigenvalue weighted by Gasteiger charge is -1.88. The van der Waals surface area contributed by atoms with Gasteiger partial charge in [-0.1, -0.05) is 0 Å². The van der Waals surface area contributed by atoms with Gasteiger partial charge >= 0.3 is 6.72 Å². The first-order chi connectivity index (χ1) is 4.41. The maximum absolute atomic E-state index is 7.99. The van der Waals surface area contributed by atoms with Crippen molar-refractivity contribution in [2.75, 3.05) is 13.2 Å². The Morgan fingerprint density at radius 3 is 1.60 bits per heavy atom. The highest BCUT2D eigenvalue weighted by Gasteiger charge is 1.92. The standard InChI is InChI=1S/C3H9NO.H3O3PS/c4-2-1-3-5;1-4(2,3)5/h5H,1-4H2;(H3,1,2,3,5). The second-order valence-electron chi connectivity index (χ2n) is 1.38. The van der Waals surface area contributed by atoms with E-state index in [0.717, 1.165) is 6.42 Å². The molecule has 0 heterocycles. The predicted octanol–water partition coefficient (Wildman–Crippen LogP) is -1.48. The molecule has 7 heteroatoms. The van der Waals surface area contributed by atoms with E-state index in [1.54, 1.807) is 0 Å². The van der Waals surface area contributed by atoms with Gasteiger partial charge in [0.25, 0.3) is 0 Å². The number of hydrogen-bond donors (Lipinski definition) is 5. The van der Waals surface area contributed by atoms with Crippen LogP contribution in [-0.4, -0.2) is 32.9 Å². The lowest BCUT2D eigenvalue weighted by molar-refractivity contribution is 0.291. The summed E-state index contributed by atoms with van der Waals surface area (Å²) in [5.74, 6) is 0. The molecule has 10 heavy (non-hydrogen) atoms. The van der Waals surface area contributed by atoms with E-state index >= 15 is 0 Å². The van der Waals surface area contributed by atoms with E-state index in [2.05, 4.69) is 11.8 Å². The maximum Gasteiger partial charge on any atom is 0.319 e. The zero-order chi connectivity index (χ0) is 8.62. The lowest BCUT2D eigenvalue weighted by Crippen LogP contribution is -1.99. The van der Waals surface area contributed by atoms with Crippen LogP contribution in [0.4, 0.5) is 0 Å². The van der Waals surface area contributed by atoms with E-state index in [4.69, 9.17) is 25.5 Å². The van der Waals surface area contributed by atoms with Crippen LogP contribution in [0.5, 0.6) is 0 Å². The van der Waals surface area contributed by atoms with Gasteiger partial charge in [-0.2, -0.15) is 0 Å². The topological polar surface area (TPSA) is 107 Å². The molecule has 0 saturated heterocycles. The fourth-order valence-corrected chi connectivity index (χ4v) is 0.0913. The van der Waals surface area contributed by atoms with Crippen molar-refractivity contribution >= 4 is 18.5 Å². The summed E-state index contributed by atoms with van der Waals surface area (Å²) < 4.78 is 0. The third-order valence-corrected chi connectivity index (χ3v) is 0.362. The molecule has 0 aliphatic carbocycles. The fraction of sp³-hybridized carbons (Fsp3) is 1.00. The molecule has 0 aromatic carbocycles. The molecule has 0 radical (unpaired) electrons. The van der Waals surface area contributed by atoms with Gasteiger partial charge in [0.05, 0.1) is 0 Å². The molecule has 0 atom stereocenters. The summed E-state index contributed by atoms with van der Waals surface area (Å²) in [5.41, 5.74) is 4.98. The molecule has 0 aliphatic heterocycles. The first kappa shape index (κ1) is 13.1. The predicted molar refractivity (Wildman–Crippen MR) is 41.7 cm³/mol. The van der Waals surface area contributed by atoms with Gasteiger partial charge in [0.1, 0.15) is 0 Å². The van der Waals surface area contributed by atoms with Crippen LogP contribution in [-0.2, 0) is 11.8 Å². The number of aliphatic hydroxyl groups is 1. The highest BCUT2D eigenvalue weighted by molar-refractivity contribution is 8.06. The van der Waals surface area contributed by atoms with Crippen LogP contribution in [0.1, 0.15) is 6.42 Å². The van der Waals surface area contributed by atoms with Crippen LogP contribution in [0.15, 0.2) is 0 Å². The summed E-state index contributed by atoms with van der Waals surface area (Å²) in [6, 6.07) is 0. The number of aliphatic hydroxyl groups excluding tert-OH is 1. The Morgan fingerprint density at radius 1 is 1.30 bits per heavy atom. The zero-order valence-electron chi connectivity index (χ0n) is 5.34. The van der Waals surface area contributed by atoms with Crippen molar-refractivity contribution in [3.05, 3.63) is 0 Å². The van der Waals surface area contributed by atoms with Gasteiger partial charge in [-0.3, -0.25) is 0 Å². The van der Waals surface area contributed by atoms with Crippen molar-refractivity contribution in [3.8, 4) is 0 Å². The third-order valence-electron chi connectivity index (χ3n) is 0.362. The second-order valence-corrected chi connectivity index (χ2v) is 3.88. The average molecular weight is 189 g/mol. The van der Waals surface area contributed by atoms with Crippen LogP contribution >= 0.6 is 6.72 Å². The van der Waals surface area contributed by atoms with Gasteiger partial charge in [0, 0.05) is 6.61 Å². The Morgan fingerprint density at radius 2 is 1.60 bits per heavy atom. The summed E-state index contributed by atoms with van der Waals surface area (Å²) >= 11 is 3.60. The minimum atomic E-state index is -3.81. The van der Waals surface area contributed by atoms with Gasteiger partial charge < -0.3 is 25.5 Å².